The van der Waals surface area contributed by atoms with Crippen LogP contribution in [0.2, 0.25) is 0 Å². The third-order valence-electron chi connectivity index (χ3n) is 9.13. The number of hydrogen-bond donors (Lipinski definition) is 0. The fourth-order valence-electron chi connectivity index (χ4n) is 6.29. The second kappa shape index (κ2) is 16.8. The number of amides is 2. The van der Waals surface area contributed by atoms with E-state index in [-0.39, 0.29) is 24.2 Å². The van der Waals surface area contributed by atoms with E-state index >= 15 is 0 Å². The summed E-state index contributed by atoms with van der Waals surface area (Å²) < 4.78 is 51.6. The molecule has 1 unspecified atom stereocenters. The summed E-state index contributed by atoms with van der Waals surface area (Å²) in [6.45, 7) is 15.5. The van der Waals surface area contributed by atoms with Crippen molar-refractivity contribution in [2.24, 2.45) is 13.0 Å². The van der Waals surface area contributed by atoms with Gasteiger partial charge in [-0.3, -0.25) is 14.4 Å². The summed E-state index contributed by atoms with van der Waals surface area (Å²) in [7, 11) is 2.01. The van der Waals surface area contributed by atoms with Crippen LogP contribution in [0.15, 0.2) is 55.0 Å². The van der Waals surface area contributed by atoms with Crippen LogP contribution in [-0.2, 0) is 44.0 Å². The smallest absolute Gasteiger partial charge is 0.416 e. The van der Waals surface area contributed by atoms with Gasteiger partial charge in [-0.15, -0.1) is 10.2 Å². The fraction of sp³-hybridized carbons (Fsp3) is 0.513. The van der Waals surface area contributed by atoms with Crippen LogP contribution in [0.25, 0.3) is 0 Å². The second-order valence-corrected chi connectivity index (χ2v) is 13.8. The van der Waals surface area contributed by atoms with Crippen LogP contribution in [0, 0.1) is 5.92 Å². The Balaban J connectivity index is 0.000000337. The number of halogens is 3. The highest BCUT2D eigenvalue weighted by atomic mass is 19.4. The molecule has 4 heterocycles. The number of anilines is 1. The number of aryl methyl sites for hydroxylation is 1. The molecule has 0 saturated heterocycles. The summed E-state index contributed by atoms with van der Waals surface area (Å²) in [6, 6.07) is 10.7. The molecule has 3 aliphatic rings. The summed E-state index contributed by atoms with van der Waals surface area (Å²) in [5.41, 5.74) is 0.932. The molecular weight excluding hydrogens is 671 g/mol. The molecule has 52 heavy (non-hydrogen) atoms. The van der Waals surface area contributed by atoms with E-state index in [1.54, 1.807) is 75.2 Å². The molecule has 1 fully saturated rings. The van der Waals surface area contributed by atoms with E-state index in [4.69, 9.17) is 4.74 Å². The van der Waals surface area contributed by atoms with E-state index in [0.717, 1.165) is 35.5 Å². The Morgan fingerprint density at radius 2 is 1.67 bits per heavy atom. The first kappa shape index (κ1) is 40.1. The Labute approximate surface area is 305 Å². The molecule has 2 aliphatic heterocycles. The van der Waals surface area contributed by atoms with Gasteiger partial charge in [0.2, 0.25) is 0 Å². The standard InChI is InChI=1S/C27H27F3N4O3.C8H13N3.2C2H6/c1-16(34-23-15-32(13-18(23)12-31-34)25(36)37-26(2,3)4)17-10-20-21(22(11-17)27(28,29)30)14-33(24(20)35)19-8-6-5-7-9-19;1-11-6-9-10-8(11)5-7-3-2-4-7;2*1-2/h5-12,16H,13-15H2,1-4H3;6-7H,2-5H2,1H3;2*1-2H3. The fourth-order valence-corrected chi connectivity index (χ4v) is 6.29. The van der Waals surface area contributed by atoms with Gasteiger partial charge >= 0.3 is 12.3 Å². The average Bonchev–Trinajstić information content (AvgIpc) is 3.87. The van der Waals surface area contributed by atoms with Crippen molar-refractivity contribution >= 4 is 17.7 Å². The largest absolute Gasteiger partial charge is 0.444 e. The number of carbonyl (C=O) groups is 2. The lowest BCUT2D eigenvalue weighted by molar-refractivity contribution is -0.138. The number of alkyl halides is 3. The number of rotatable bonds is 5. The molecule has 2 aromatic heterocycles. The van der Waals surface area contributed by atoms with Crippen LogP contribution < -0.4 is 4.90 Å². The predicted molar refractivity (Wildman–Crippen MR) is 195 cm³/mol. The lowest BCUT2D eigenvalue weighted by Crippen LogP contribution is -2.33. The average molecular weight is 724 g/mol. The summed E-state index contributed by atoms with van der Waals surface area (Å²) in [5.74, 6) is 1.55. The van der Waals surface area contributed by atoms with Gasteiger partial charge in [-0.25, -0.2) is 4.79 Å². The van der Waals surface area contributed by atoms with Crippen molar-refractivity contribution in [1.29, 1.82) is 0 Å². The quantitative estimate of drug-likeness (QED) is 0.204. The minimum Gasteiger partial charge on any atom is -0.444 e. The summed E-state index contributed by atoms with van der Waals surface area (Å²) in [5, 5.41) is 12.3. The molecule has 4 aromatic rings. The van der Waals surface area contributed by atoms with Gasteiger partial charge in [0.25, 0.3) is 5.91 Å². The highest BCUT2D eigenvalue weighted by molar-refractivity contribution is 6.10. The molecule has 13 heteroatoms. The molecule has 2 amide bonds. The van der Waals surface area contributed by atoms with Crippen molar-refractivity contribution in [3.63, 3.8) is 0 Å². The van der Waals surface area contributed by atoms with Gasteiger partial charge in [-0.1, -0.05) is 65.2 Å². The maximum Gasteiger partial charge on any atom is 0.416 e. The van der Waals surface area contributed by atoms with Crippen molar-refractivity contribution in [3.05, 3.63) is 94.3 Å². The highest BCUT2D eigenvalue weighted by Gasteiger charge is 2.41. The lowest BCUT2D eigenvalue weighted by Gasteiger charge is -2.24. The van der Waals surface area contributed by atoms with Crippen molar-refractivity contribution in [2.75, 3.05) is 4.90 Å². The van der Waals surface area contributed by atoms with E-state index in [0.29, 0.717) is 17.8 Å². The minimum atomic E-state index is -4.63. The summed E-state index contributed by atoms with van der Waals surface area (Å²) in [6.07, 6.45) is 3.58. The molecule has 7 rings (SSSR count). The molecule has 0 spiro atoms. The number of nitrogens with zero attached hydrogens (tertiary/aromatic N) is 7. The minimum absolute atomic E-state index is 0.0286. The van der Waals surface area contributed by atoms with E-state index in [2.05, 4.69) is 15.3 Å². The normalized spacial score (nSPS) is 15.6. The molecular formula is C39H52F3N7O3. The second-order valence-electron chi connectivity index (χ2n) is 13.8. The Bertz CT molecular complexity index is 1810. The first-order valence-electron chi connectivity index (χ1n) is 18.2. The highest BCUT2D eigenvalue weighted by Crippen LogP contribution is 2.41. The van der Waals surface area contributed by atoms with Crippen LogP contribution in [0.4, 0.5) is 23.7 Å². The number of benzene rings is 2. The first-order valence-corrected chi connectivity index (χ1v) is 18.2. The Hall–Kier alpha value is -4.68. The summed E-state index contributed by atoms with van der Waals surface area (Å²) >= 11 is 0. The molecule has 1 aliphatic carbocycles. The number of carbonyl (C=O) groups excluding carboxylic acids is 2. The Morgan fingerprint density at radius 1 is 1.00 bits per heavy atom. The Morgan fingerprint density at radius 3 is 2.23 bits per heavy atom. The van der Waals surface area contributed by atoms with Gasteiger partial charge in [0.1, 0.15) is 17.8 Å². The molecule has 0 radical (unpaired) electrons. The van der Waals surface area contributed by atoms with Gasteiger partial charge < -0.3 is 14.2 Å². The van der Waals surface area contributed by atoms with Crippen molar-refractivity contribution < 1.29 is 27.5 Å². The van der Waals surface area contributed by atoms with Gasteiger partial charge in [0.05, 0.1) is 43.1 Å². The van der Waals surface area contributed by atoms with Crippen LogP contribution in [0.1, 0.15) is 125 Å². The number of aromatic nitrogens is 5. The maximum atomic E-state index is 14.2. The molecule has 1 saturated carbocycles. The zero-order valence-corrected chi connectivity index (χ0v) is 31.8. The van der Waals surface area contributed by atoms with Gasteiger partial charge in [-0.2, -0.15) is 18.3 Å². The van der Waals surface area contributed by atoms with Gasteiger partial charge in [-0.05, 0) is 69.0 Å². The van der Waals surface area contributed by atoms with Crippen molar-refractivity contribution in [2.45, 2.75) is 119 Å². The predicted octanol–water partition coefficient (Wildman–Crippen LogP) is 9.13. The molecule has 2 aromatic carbocycles. The zero-order chi connectivity index (χ0) is 38.4. The monoisotopic (exact) mass is 723 g/mol. The maximum absolute atomic E-state index is 14.2. The topological polar surface area (TPSA) is 98.4 Å². The van der Waals surface area contributed by atoms with Crippen molar-refractivity contribution in [1.82, 2.24) is 29.4 Å². The third-order valence-corrected chi connectivity index (χ3v) is 9.13. The number of ether oxygens (including phenoxy) is 1. The van der Waals surface area contributed by atoms with E-state index in [1.165, 1.54) is 35.1 Å². The SMILES string of the molecule is CC.CC.CC(c1cc2c(c(C(F)(F)F)c1)CN(c1ccccc1)C2=O)n1ncc2c1CN(C(=O)OC(C)(C)C)C2.Cn1cnnc1CC1CCC1. The van der Waals surface area contributed by atoms with E-state index < -0.39 is 35.4 Å². The molecule has 10 nitrogen and oxygen atoms in total. The first-order chi connectivity index (χ1) is 24.7. The van der Waals surface area contributed by atoms with Gasteiger partial charge in [0.15, 0.2) is 0 Å². The molecule has 0 bridgehead atoms. The molecule has 1 atom stereocenters. The number of fused-ring (bicyclic) bond motifs is 2. The van der Waals surface area contributed by atoms with E-state index in [9.17, 15) is 22.8 Å². The van der Waals surface area contributed by atoms with Crippen molar-refractivity contribution in [3.8, 4) is 0 Å². The number of para-hydroxylation sites is 1. The molecule has 0 N–H and O–H groups in total. The lowest BCUT2D eigenvalue weighted by atomic mass is 9.83. The van der Waals surface area contributed by atoms with E-state index in [1.807, 2.05) is 39.3 Å². The summed E-state index contributed by atoms with van der Waals surface area (Å²) in [4.78, 5) is 28.7. The third kappa shape index (κ3) is 9.02. The number of hydrogen-bond acceptors (Lipinski definition) is 6. The van der Waals surface area contributed by atoms with Crippen LogP contribution >= 0.6 is 0 Å². The van der Waals surface area contributed by atoms with Crippen LogP contribution in [-0.4, -0.2) is 47.0 Å². The van der Waals surface area contributed by atoms with Gasteiger partial charge in [0, 0.05) is 30.3 Å². The zero-order valence-electron chi connectivity index (χ0n) is 31.8. The van der Waals surface area contributed by atoms with Crippen LogP contribution in [0.5, 0.6) is 0 Å². The molecule has 282 valence electrons. The van der Waals surface area contributed by atoms with Crippen LogP contribution in [0.3, 0.4) is 0 Å². The Kier molecular flexibility index (Phi) is 12.9.